The molecule has 0 aromatic heterocycles. The Morgan fingerprint density at radius 2 is 2.00 bits per heavy atom. The van der Waals surface area contributed by atoms with Crippen LogP contribution < -0.4 is 5.32 Å². The van der Waals surface area contributed by atoms with Gasteiger partial charge in [0.15, 0.2) is 0 Å². The van der Waals surface area contributed by atoms with Gasteiger partial charge < -0.3 is 15.3 Å². The zero-order valence-corrected chi connectivity index (χ0v) is 11.3. The molecule has 2 amide bonds. The number of hydrogen-bond donors (Lipinski definition) is 2. The first-order valence-corrected chi connectivity index (χ1v) is 6.82. The number of hydrogen-bond acceptors (Lipinski definition) is 2. The lowest BCUT2D eigenvalue weighted by Gasteiger charge is -2.26. The molecule has 0 radical (unpaired) electrons. The second kappa shape index (κ2) is 7.24. The molecule has 0 heterocycles. The Morgan fingerprint density at radius 1 is 1.39 bits per heavy atom. The summed E-state index contributed by atoms with van der Waals surface area (Å²) in [5.74, 6) is -0.948. The lowest BCUT2D eigenvalue weighted by Crippen LogP contribution is -2.49. The van der Waals surface area contributed by atoms with Crippen molar-refractivity contribution < 1.29 is 14.7 Å². The topological polar surface area (TPSA) is 69.6 Å². The predicted octanol–water partition coefficient (Wildman–Crippen LogP) is 2.21. The highest BCUT2D eigenvalue weighted by Crippen LogP contribution is 2.22. The summed E-state index contributed by atoms with van der Waals surface area (Å²) in [5.41, 5.74) is 0. The highest BCUT2D eigenvalue weighted by molar-refractivity contribution is 5.82. The van der Waals surface area contributed by atoms with E-state index < -0.39 is 12.0 Å². The molecule has 0 aromatic rings. The van der Waals surface area contributed by atoms with Gasteiger partial charge in [0.2, 0.25) is 0 Å². The van der Waals surface area contributed by atoms with E-state index in [0.717, 1.165) is 38.5 Å². The van der Waals surface area contributed by atoms with Crippen molar-refractivity contribution in [2.24, 2.45) is 0 Å². The van der Waals surface area contributed by atoms with Gasteiger partial charge in [-0.25, -0.2) is 9.59 Å². The van der Waals surface area contributed by atoms with Crippen molar-refractivity contribution in [3.8, 4) is 0 Å². The monoisotopic (exact) mass is 256 g/mol. The maximum Gasteiger partial charge on any atom is 0.326 e. The molecule has 18 heavy (non-hydrogen) atoms. The molecule has 0 aromatic carbocycles. The van der Waals surface area contributed by atoms with Gasteiger partial charge in [-0.3, -0.25) is 0 Å². The van der Waals surface area contributed by atoms with Crippen LogP contribution in [-0.4, -0.2) is 41.1 Å². The maximum atomic E-state index is 12.0. The number of carbonyl (C=O) groups excluding carboxylic acids is 1. The number of aliphatic carboxylic acids is 1. The number of urea groups is 1. The third-order valence-electron chi connectivity index (χ3n) is 3.63. The van der Waals surface area contributed by atoms with Crippen LogP contribution in [0.5, 0.6) is 0 Å². The molecule has 1 aliphatic carbocycles. The van der Waals surface area contributed by atoms with Crippen LogP contribution in [0.4, 0.5) is 4.79 Å². The van der Waals surface area contributed by atoms with Crippen molar-refractivity contribution in [1.29, 1.82) is 0 Å². The number of amides is 2. The molecule has 1 rings (SSSR count). The number of carboxylic acid groups (broad SMARTS) is 1. The first kappa shape index (κ1) is 14.8. The number of nitrogens with zero attached hydrogens (tertiary/aromatic N) is 1. The smallest absolute Gasteiger partial charge is 0.326 e. The minimum atomic E-state index is -0.948. The van der Waals surface area contributed by atoms with Gasteiger partial charge in [0.1, 0.15) is 6.04 Å². The van der Waals surface area contributed by atoms with Gasteiger partial charge in [0.25, 0.3) is 0 Å². The average molecular weight is 256 g/mol. The minimum Gasteiger partial charge on any atom is -0.480 e. The van der Waals surface area contributed by atoms with E-state index in [4.69, 9.17) is 5.11 Å². The quantitative estimate of drug-likeness (QED) is 0.765. The van der Waals surface area contributed by atoms with E-state index in [-0.39, 0.29) is 12.1 Å². The molecule has 1 aliphatic rings. The zero-order chi connectivity index (χ0) is 13.5. The minimum absolute atomic E-state index is 0.259. The van der Waals surface area contributed by atoms with Crippen molar-refractivity contribution in [3.63, 3.8) is 0 Å². The molecule has 0 saturated heterocycles. The Balaban J connectivity index is 2.46. The number of unbranched alkanes of at least 4 members (excludes halogenated alkanes) is 1. The van der Waals surface area contributed by atoms with Crippen molar-refractivity contribution in [2.45, 2.75) is 64.0 Å². The van der Waals surface area contributed by atoms with Crippen LogP contribution in [-0.2, 0) is 4.79 Å². The molecule has 1 atom stereocenters. The third kappa shape index (κ3) is 4.20. The Labute approximate surface area is 109 Å². The Morgan fingerprint density at radius 3 is 2.50 bits per heavy atom. The fraction of sp³-hybridized carbons (Fsp3) is 0.846. The molecule has 1 saturated carbocycles. The van der Waals surface area contributed by atoms with E-state index >= 15 is 0 Å². The van der Waals surface area contributed by atoms with E-state index in [2.05, 4.69) is 5.32 Å². The first-order chi connectivity index (χ1) is 8.56. The first-order valence-electron chi connectivity index (χ1n) is 6.82. The highest BCUT2D eigenvalue weighted by Gasteiger charge is 2.26. The molecule has 5 nitrogen and oxygen atoms in total. The Bertz CT molecular complexity index is 288. The van der Waals surface area contributed by atoms with Crippen LogP contribution in [0.2, 0.25) is 0 Å². The summed E-state index contributed by atoms with van der Waals surface area (Å²) in [5, 5.41) is 11.7. The molecule has 1 fully saturated rings. The van der Waals surface area contributed by atoms with Crippen molar-refractivity contribution >= 4 is 12.0 Å². The fourth-order valence-electron chi connectivity index (χ4n) is 2.37. The van der Waals surface area contributed by atoms with E-state index in [1.807, 2.05) is 6.92 Å². The van der Waals surface area contributed by atoms with Crippen LogP contribution >= 0.6 is 0 Å². The molecule has 0 unspecified atom stereocenters. The van der Waals surface area contributed by atoms with Crippen LogP contribution in [0.1, 0.15) is 51.9 Å². The number of rotatable bonds is 6. The summed E-state index contributed by atoms with van der Waals surface area (Å²) in [6, 6.07) is -0.752. The molecule has 2 N–H and O–H groups in total. The van der Waals surface area contributed by atoms with E-state index in [0.29, 0.717) is 6.42 Å². The van der Waals surface area contributed by atoms with Crippen molar-refractivity contribution in [1.82, 2.24) is 10.2 Å². The van der Waals surface area contributed by atoms with Crippen LogP contribution in [0.25, 0.3) is 0 Å². The lowest BCUT2D eigenvalue weighted by molar-refractivity contribution is -0.139. The number of carboxylic acids is 1. The highest BCUT2D eigenvalue weighted by atomic mass is 16.4. The van der Waals surface area contributed by atoms with E-state index in [1.165, 1.54) is 0 Å². The SMILES string of the molecule is CCCC[C@H](NC(=O)N(C)C1CCCC1)C(=O)O. The van der Waals surface area contributed by atoms with Gasteiger partial charge >= 0.3 is 12.0 Å². The summed E-state index contributed by atoms with van der Waals surface area (Å²) >= 11 is 0. The Hall–Kier alpha value is -1.26. The fourth-order valence-corrected chi connectivity index (χ4v) is 2.37. The van der Waals surface area contributed by atoms with E-state index in [9.17, 15) is 9.59 Å². The molecule has 0 bridgehead atoms. The molecular weight excluding hydrogens is 232 g/mol. The number of carbonyl (C=O) groups is 2. The molecule has 0 aliphatic heterocycles. The predicted molar refractivity (Wildman–Crippen MR) is 69.5 cm³/mol. The summed E-state index contributed by atoms with van der Waals surface area (Å²) in [7, 11) is 1.75. The second-order valence-corrected chi connectivity index (χ2v) is 5.03. The van der Waals surface area contributed by atoms with Gasteiger partial charge in [-0.2, -0.15) is 0 Å². The second-order valence-electron chi connectivity index (χ2n) is 5.03. The van der Waals surface area contributed by atoms with Gasteiger partial charge in [-0.05, 0) is 19.3 Å². The van der Waals surface area contributed by atoms with Crippen LogP contribution in [0.15, 0.2) is 0 Å². The van der Waals surface area contributed by atoms with Crippen LogP contribution in [0.3, 0.4) is 0 Å². The molecule has 5 heteroatoms. The summed E-state index contributed by atoms with van der Waals surface area (Å²) in [6.45, 7) is 2.01. The Kier molecular flexibility index (Phi) is 5.95. The van der Waals surface area contributed by atoms with Gasteiger partial charge in [-0.1, -0.05) is 32.6 Å². The van der Waals surface area contributed by atoms with Gasteiger partial charge in [0.05, 0.1) is 0 Å². The molecule has 104 valence electrons. The maximum absolute atomic E-state index is 12.0. The van der Waals surface area contributed by atoms with Crippen LogP contribution in [0, 0.1) is 0 Å². The zero-order valence-electron chi connectivity index (χ0n) is 11.3. The van der Waals surface area contributed by atoms with Gasteiger partial charge in [0, 0.05) is 13.1 Å². The van der Waals surface area contributed by atoms with E-state index in [1.54, 1.807) is 11.9 Å². The van der Waals surface area contributed by atoms with Gasteiger partial charge in [-0.15, -0.1) is 0 Å². The molecule has 0 spiro atoms. The molecular formula is C13H24N2O3. The third-order valence-corrected chi connectivity index (χ3v) is 3.63. The number of nitrogens with one attached hydrogen (secondary N) is 1. The average Bonchev–Trinajstić information content (AvgIpc) is 2.86. The van der Waals surface area contributed by atoms with Crippen molar-refractivity contribution in [3.05, 3.63) is 0 Å². The summed E-state index contributed by atoms with van der Waals surface area (Å²) in [4.78, 5) is 24.7. The largest absolute Gasteiger partial charge is 0.480 e. The van der Waals surface area contributed by atoms with Crippen molar-refractivity contribution in [2.75, 3.05) is 7.05 Å². The normalized spacial score (nSPS) is 17.4. The standard InChI is InChI=1S/C13H24N2O3/c1-3-4-9-11(12(16)17)14-13(18)15(2)10-7-5-6-8-10/h10-11H,3-9H2,1-2H3,(H,14,18)(H,16,17)/t11-/m0/s1. The summed E-state index contributed by atoms with van der Waals surface area (Å²) < 4.78 is 0. The summed E-state index contributed by atoms with van der Waals surface area (Å²) in [6.07, 6.45) is 6.59. The lowest BCUT2D eigenvalue weighted by atomic mass is 10.1.